The van der Waals surface area contributed by atoms with E-state index in [-0.39, 0.29) is 0 Å². The fourth-order valence-electron chi connectivity index (χ4n) is 1.53. The van der Waals surface area contributed by atoms with Crippen molar-refractivity contribution in [1.29, 1.82) is 0 Å². The second-order valence-corrected chi connectivity index (χ2v) is 4.75. The van der Waals surface area contributed by atoms with Crippen molar-refractivity contribution in [3.63, 3.8) is 0 Å². The van der Waals surface area contributed by atoms with Crippen LogP contribution >= 0.6 is 15.9 Å². The second-order valence-electron chi connectivity index (χ2n) is 4.10. The lowest BCUT2D eigenvalue weighted by molar-refractivity contribution is -0.137. The SMILES string of the molecule is Cc1cc(C(F)(F)F)ccc1CC(C)CBr. The Bertz CT molecular complexity index is 358. The first-order valence-corrected chi connectivity index (χ1v) is 6.19. The number of benzene rings is 1. The molecule has 0 radical (unpaired) electrons. The highest BCUT2D eigenvalue weighted by molar-refractivity contribution is 9.09. The van der Waals surface area contributed by atoms with Crippen molar-refractivity contribution < 1.29 is 13.2 Å². The normalized spacial score (nSPS) is 13.9. The van der Waals surface area contributed by atoms with Crippen molar-refractivity contribution in [2.45, 2.75) is 26.4 Å². The maximum Gasteiger partial charge on any atom is 0.416 e. The monoisotopic (exact) mass is 294 g/mol. The van der Waals surface area contributed by atoms with Gasteiger partial charge in [-0.25, -0.2) is 0 Å². The second kappa shape index (κ2) is 5.21. The van der Waals surface area contributed by atoms with Gasteiger partial charge in [0.15, 0.2) is 0 Å². The van der Waals surface area contributed by atoms with Crippen molar-refractivity contribution in [3.8, 4) is 0 Å². The van der Waals surface area contributed by atoms with E-state index in [1.54, 1.807) is 13.0 Å². The molecule has 4 heteroatoms. The summed E-state index contributed by atoms with van der Waals surface area (Å²) in [5.74, 6) is 0.426. The molecule has 0 heterocycles. The van der Waals surface area contributed by atoms with Gasteiger partial charge in [-0.2, -0.15) is 13.2 Å². The van der Waals surface area contributed by atoms with Gasteiger partial charge in [-0.15, -0.1) is 0 Å². The van der Waals surface area contributed by atoms with Crippen molar-refractivity contribution in [1.82, 2.24) is 0 Å². The van der Waals surface area contributed by atoms with E-state index >= 15 is 0 Å². The number of rotatable bonds is 3. The van der Waals surface area contributed by atoms with E-state index in [0.29, 0.717) is 11.5 Å². The topological polar surface area (TPSA) is 0 Å². The average Bonchev–Trinajstić information content (AvgIpc) is 2.19. The summed E-state index contributed by atoms with van der Waals surface area (Å²) in [6.45, 7) is 3.79. The molecule has 1 rings (SSSR count). The molecule has 1 atom stereocenters. The molecule has 0 saturated heterocycles. The Hall–Kier alpha value is -0.510. The molecule has 0 amide bonds. The summed E-state index contributed by atoms with van der Waals surface area (Å²) in [6.07, 6.45) is -3.44. The lowest BCUT2D eigenvalue weighted by Gasteiger charge is -2.13. The molecule has 0 nitrogen and oxygen atoms in total. The molecular formula is C12H14BrF3. The van der Waals surface area contributed by atoms with Crippen LogP contribution in [-0.4, -0.2) is 5.33 Å². The van der Waals surface area contributed by atoms with Crippen LogP contribution in [0.1, 0.15) is 23.6 Å². The predicted octanol–water partition coefficient (Wildman–Crippen LogP) is 4.59. The highest BCUT2D eigenvalue weighted by Gasteiger charge is 2.30. The molecule has 1 aromatic carbocycles. The van der Waals surface area contributed by atoms with Crippen LogP contribution in [0.5, 0.6) is 0 Å². The van der Waals surface area contributed by atoms with Crippen LogP contribution in [0.15, 0.2) is 18.2 Å². The highest BCUT2D eigenvalue weighted by Crippen LogP contribution is 2.30. The van der Waals surface area contributed by atoms with E-state index in [0.717, 1.165) is 23.4 Å². The van der Waals surface area contributed by atoms with Gasteiger partial charge >= 0.3 is 6.18 Å². The standard InChI is InChI=1S/C12H14BrF3/c1-8(7-13)5-10-3-4-11(6-9(10)2)12(14,15)16/h3-4,6,8H,5,7H2,1-2H3. The Morgan fingerprint density at radius 3 is 2.38 bits per heavy atom. The van der Waals surface area contributed by atoms with Gasteiger partial charge in [0.25, 0.3) is 0 Å². The van der Waals surface area contributed by atoms with E-state index in [1.807, 2.05) is 0 Å². The summed E-state index contributed by atoms with van der Waals surface area (Å²) in [7, 11) is 0. The van der Waals surface area contributed by atoms with Crippen molar-refractivity contribution in [2.75, 3.05) is 5.33 Å². The van der Waals surface area contributed by atoms with Crippen molar-refractivity contribution >= 4 is 15.9 Å². The number of aryl methyl sites for hydroxylation is 1. The van der Waals surface area contributed by atoms with Crippen LogP contribution in [-0.2, 0) is 12.6 Å². The first-order chi connectivity index (χ1) is 7.34. The first-order valence-electron chi connectivity index (χ1n) is 5.07. The minimum atomic E-state index is -4.25. The fraction of sp³-hybridized carbons (Fsp3) is 0.500. The van der Waals surface area contributed by atoms with Crippen LogP contribution in [0.2, 0.25) is 0 Å². The summed E-state index contributed by atoms with van der Waals surface area (Å²) in [6, 6.07) is 3.96. The minimum Gasteiger partial charge on any atom is -0.166 e. The highest BCUT2D eigenvalue weighted by atomic mass is 79.9. The number of alkyl halides is 4. The summed E-state index contributed by atoms with van der Waals surface area (Å²) in [5, 5.41) is 0.855. The Kier molecular flexibility index (Phi) is 4.42. The molecule has 0 N–H and O–H groups in total. The van der Waals surface area contributed by atoms with Crippen LogP contribution in [0, 0.1) is 12.8 Å². The van der Waals surface area contributed by atoms with Gasteiger partial charge in [-0.3, -0.25) is 0 Å². The maximum atomic E-state index is 12.4. The average molecular weight is 295 g/mol. The number of hydrogen-bond acceptors (Lipinski definition) is 0. The minimum absolute atomic E-state index is 0.426. The molecule has 0 fully saturated rings. The van der Waals surface area contributed by atoms with E-state index < -0.39 is 11.7 Å². The molecule has 0 aliphatic rings. The zero-order chi connectivity index (χ0) is 12.3. The molecule has 0 aliphatic heterocycles. The third kappa shape index (κ3) is 3.51. The smallest absolute Gasteiger partial charge is 0.166 e. The molecule has 0 aromatic heterocycles. The molecule has 90 valence electrons. The Balaban J connectivity index is 2.92. The molecule has 16 heavy (non-hydrogen) atoms. The zero-order valence-electron chi connectivity index (χ0n) is 9.24. The molecule has 0 aliphatic carbocycles. The van der Waals surface area contributed by atoms with Gasteiger partial charge in [-0.1, -0.05) is 28.9 Å². The van der Waals surface area contributed by atoms with Crippen LogP contribution in [0.25, 0.3) is 0 Å². The van der Waals surface area contributed by atoms with Gasteiger partial charge in [0, 0.05) is 5.33 Å². The zero-order valence-corrected chi connectivity index (χ0v) is 10.8. The third-order valence-corrected chi connectivity index (χ3v) is 3.61. The number of halogens is 4. The Morgan fingerprint density at radius 1 is 1.31 bits per heavy atom. The third-order valence-electron chi connectivity index (χ3n) is 2.50. The van der Waals surface area contributed by atoms with Crippen LogP contribution in [0.3, 0.4) is 0 Å². The van der Waals surface area contributed by atoms with Crippen molar-refractivity contribution in [3.05, 3.63) is 34.9 Å². The van der Waals surface area contributed by atoms with Gasteiger partial charge in [0.05, 0.1) is 5.56 Å². The molecule has 1 aromatic rings. The summed E-state index contributed by atoms with van der Waals surface area (Å²) >= 11 is 3.36. The largest absolute Gasteiger partial charge is 0.416 e. The van der Waals surface area contributed by atoms with Gasteiger partial charge in [-0.05, 0) is 42.5 Å². The van der Waals surface area contributed by atoms with Gasteiger partial charge in [0.2, 0.25) is 0 Å². The quantitative estimate of drug-likeness (QED) is 0.716. The van der Waals surface area contributed by atoms with E-state index in [1.165, 1.54) is 6.07 Å². The predicted molar refractivity (Wildman–Crippen MR) is 62.8 cm³/mol. The number of hydrogen-bond donors (Lipinski definition) is 0. The molecular weight excluding hydrogens is 281 g/mol. The fourth-order valence-corrected chi connectivity index (χ4v) is 1.76. The van der Waals surface area contributed by atoms with E-state index in [4.69, 9.17) is 0 Å². The first kappa shape index (κ1) is 13.6. The van der Waals surface area contributed by atoms with Crippen LogP contribution in [0.4, 0.5) is 13.2 Å². The van der Waals surface area contributed by atoms with Gasteiger partial charge in [0.1, 0.15) is 0 Å². The van der Waals surface area contributed by atoms with Gasteiger partial charge < -0.3 is 0 Å². The van der Waals surface area contributed by atoms with E-state index in [2.05, 4.69) is 22.9 Å². The lowest BCUT2D eigenvalue weighted by Crippen LogP contribution is -2.07. The summed E-state index contributed by atoms with van der Waals surface area (Å²) in [4.78, 5) is 0. The lowest BCUT2D eigenvalue weighted by atomic mass is 9.97. The van der Waals surface area contributed by atoms with Crippen LogP contribution < -0.4 is 0 Å². The molecule has 0 saturated carbocycles. The summed E-state index contributed by atoms with van der Waals surface area (Å²) in [5.41, 5.74) is 1.13. The van der Waals surface area contributed by atoms with E-state index in [9.17, 15) is 13.2 Å². The maximum absolute atomic E-state index is 12.4. The Labute approximate surface area is 102 Å². The molecule has 0 spiro atoms. The molecule has 0 bridgehead atoms. The Morgan fingerprint density at radius 2 is 1.94 bits per heavy atom. The van der Waals surface area contributed by atoms with Crippen molar-refractivity contribution in [2.24, 2.45) is 5.92 Å². The molecule has 1 unspecified atom stereocenters. The summed E-state index contributed by atoms with van der Waals surface area (Å²) < 4.78 is 37.3.